The molecule has 106 valence electrons. The molecule has 0 saturated carbocycles. The van der Waals surface area contributed by atoms with E-state index in [9.17, 15) is 0 Å². The third kappa shape index (κ3) is 2.43. The first-order valence-corrected chi connectivity index (χ1v) is 7.16. The topological polar surface area (TPSA) is 51.4 Å². The van der Waals surface area contributed by atoms with Gasteiger partial charge < -0.3 is 15.4 Å². The Labute approximate surface area is 119 Å². The van der Waals surface area contributed by atoms with E-state index in [1.165, 1.54) is 12.8 Å². The van der Waals surface area contributed by atoms with Crippen LogP contribution in [0.25, 0.3) is 10.9 Å². The second-order valence-corrected chi connectivity index (χ2v) is 5.49. The monoisotopic (exact) mass is 271 g/mol. The molecule has 20 heavy (non-hydrogen) atoms. The Morgan fingerprint density at radius 1 is 1.40 bits per heavy atom. The number of pyridine rings is 1. The molecule has 0 aliphatic carbocycles. The van der Waals surface area contributed by atoms with E-state index >= 15 is 0 Å². The molecule has 0 bridgehead atoms. The van der Waals surface area contributed by atoms with E-state index in [-0.39, 0.29) is 0 Å². The minimum Gasteiger partial charge on any atom is -0.396 e. The molecular weight excluding hydrogens is 250 g/mol. The molecule has 2 heterocycles. The highest BCUT2D eigenvalue weighted by atomic mass is 16.5. The van der Waals surface area contributed by atoms with Crippen molar-refractivity contribution in [3.63, 3.8) is 0 Å². The van der Waals surface area contributed by atoms with Crippen molar-refractivity contribution in [2.45, 2.75) is 12.8 Å². The van der Waals surface area contributed by atoms with Gasteiger partial charge in [-0.1, -0.05) is 18.2 Å². The zero-order valence-corrected chi connectivity index (χ0v) is 11.9. The van der Waals surface area contributed by atoms with Gasteiger partial charge >= 0.3 is 0 Å². The van der Waals surface area contributed by atoms with Crippen molar-refractivity contribution in [2.24, 2.45) is 5.92 Å². The number of aromatic nitrogens is 1. The molecule has 1 aliphatic heterocycles. The van der Waals surface area contributed by atoms with E-state index in [4.69, 9.17) is 10.5 Å². The lowest BCUT2D eigenvalue weighted by atomic mass is 9.97. The molecule has 0 radical (unpaired) electrons. The molecule has 1 aromatic heterocycles. The number of benzene rings is 1. The van der Waals surface area contributed by atoms with Gasteiger partial charge in [-0.15, -0.1) is 0 Å². The minimum atomic E-state index is 0.583. The van der Waals surface area contributed by atoms with Gasteiger partial charge in [0.05, 0.1) is 29.7 Å². The van der Waals surface area contributed by atoms with Crippen molar-refractivity contribution >= 4 is 22.3 Å². The van der Waals surface area contributed by atoms with Crippen molar-refractivity contribution in [3.8, 4) is 0 Å². The molecule has 2 N–H and O–H groups in total. The van der Waals surface area contributed by atoms with Crippen LogP contribution in [0.1, 0.15) is 12.8 Å². The van der Waals surface area contributed by atoms with Crippen molar-refractivity contribution in [2.75, 3.05) is 37.4 Å². The molecule has 1 atom stereocenters. The predicted octanol–water partition coefficient (Wildman–Crippen LogP) is 2.68. The van der Waals surface area contributed by atoms with E-state index in [1.54, 1.807) is 13.3 Å². The summed E-state index contributed by atoms with van der Waals surface area (Å²) in [6.45, 7) is 2.88. The SMILES string of the molecule is COCC1CCCN(c2c(N)cnc3ccccc23)C1. The lowest BCUT2D eigenvalue weighted by Crippen LogP contribution is -2.37. The number of nitrogens with zero attached hydrogens (tertiary/aromatic N) is 2. The fourth-order valence-corrected chi connectivity index (χ4v) is 3.14. The van der Waals surface area contributed by atoms with Crippen LogP contribution in [0.4, 0.5) is 11.4 Å². The smallest absolute Gasteiger partial charge is 0.0745 e. The summed E-state index contributed by atoms with van der Waals surface area (Å²) in [4.78, 5) is 6.81. The maximum Gasteiger partial charge on any atom is 0.0745 e. The number of piperidine rings is 1. The quantitative estimate of drug-likeness (QED) is 0.932. The van der Waals surface area contributed by atoms with Gasteiger partial charge in [0.15, 0.2) is 0 Å². The first-order chi connectivity index (χ1) is 9.79. The standard InChI is InChI=1S/C16H21N3O/c1-20-11-12-5-4-8-19(10-12)16-13-6-2-3-7-15(13)18-9-14(16)17/h2-3,6-7,9,12H,4-5,8,10-11,17H2,1H3. The number of fused-ring (bicyclic) bond motifs is 1. The highest BCUT2D eigenvalue weighted by Crippen LogP contribution is 2.34. The molecule has 0 amide bonds. The van der Waals surface area contributed by atoms with Gasteiger partial charge in [0.25, 0.3) is 0 Å². The summed E-state index contributed by atoms with van der Waals surface area (Å²) in [6, 6.07) is 8.20. The van der Waals surface area contributed by atoms with Crippen molar-refractivity contribution in [1.29, 1.82) is 0 Å². The first kappa shape index (κ1) is 13.2. The summed E-state index contributed by atoms with van der Waals surface area (Å²) in [6.07, 6.45) is 4.19. The van der Waals surface area contributed by atoms with Gasteiger partial charge in [0.1, 0.15) is 0 Å². The van der Waals surface area contributed by atoms with Crippen LogP contribution in [-0.2, 0) is 4.74 Å². The number of rotatable bonds is 3. The summed E-state index contributed by atoms with van der Waals surface area (Å²) in [5.74, 6) is 0.583. The van der Waals surface area contributed by atoms with Crippen LogP contribution in [-0.4, -0.2) is 31.8 Å². The summed E-state index contributed by atoms with van der Waals surface area (Å²) in [5.41, 5.74) is 9.11. The normalized spacial score (nSPS) is 19.4. The van der Waals surface area contributed by atoms with E-state index in [1.807, 2.05) is 18.2 Å². The average molecular weight is 271 g/mol. The summed E-state index contributed by atoms with van der Waals surface area (Å²) in [5, 5.41) is 1.14. The largest absolute Gasteiger partial charge is 0.396 e. The Bertz CT molecular complexity index is 597. The highest BCUT2D eigenvalue weighted by Gasteiger charge is 2.23. The number of hydrogen-bond donors (Lipinski definition) is 1. The number of ether oxygens (including phenoxy) is 1. The average Bonchev–Trinajstić information content (AvgIpc) is 2.48. The molecule has 0 spiro atoms. The first-order valence-electron chi connectivity index (χ1n) is 7.16. The van der Waals surface area contributed by atoms with Crippen molar-refractivity contribution in [3.05, 3.63) is 30.5 Å². The van der Waals surface area contributed by atoms with Crippen LogP contribution >= 0.6 is 0 Å². The van der Waals surface area contributed by atoms with Crippen LogP contribution in [0.2, 0.25) is 0 Å². The molecule has 1 aromatic carbocycles. The van der Waals surface area contributed by atoms with Crippen LogP contribution in [0.5, 0.6) is 0 Å². The third-order valence-corrected chi connectivity index (χ3v) is 4.01. The summed E-state index contributed by atoms with van der Waals surface area (Å²) < 4.78 is 5.31. The summed E-state index contributed by atoms with van der Waals surface area (Å²) in [7, 11) is 1.77. The number of methoxy groups -OCH3 is 1. The number of nitrogen functional groups attached to an aromatic ring is 1. The molecule has 1 saturated heterocycles. The van der Waals surface area contributed by atoms with Crippen LogP contribution in [0.15, 0.2) is 30.5 Å². The Morgan fingerprint density at radius 2 is 2.25 bits per heavy atom. The Kier molecular flexibility index (Phi) is 3.74. The molecule has 2 aromatic rings. The van der Waals surface area contributed by atoms with Crippen LogP contribution in [0, 0.1) is 5.92 Å². The zero-order valence-electron chi connectivity index (χ0n) is 11.9. The van der Waals surface area contributed by atoms with Gasteiger partial charge in [-0.05, 0) is 24.8 Å². The minimum absolute atomic E-state index is 0.583. The number of nitrogens with two attached hydrogens (primary N) is 1. The van der Waals surface area contributed by atoms with Gasteiger partial charge in [-0.3, -0.25) is 4.98 Å². The van der Waals surface area contributed by atoms with E-state index < -0.39 is 0 Å². The number of anilines is 2. The number of para-hydroxylation sites is 1. The maximum absolute atomic E-state index is 6.20. The molecule has 1 aliphatic rings. The van der Waals surface area contributed by atoms with Crippen molar-refractivity contribution < 1.29 is 4.74 Å². The van der Waals surface area contributed by atoms with Gasteiger partial charge in [0, 0.05) is 25.6 Å². The molecule has 4 nitrogen and oxygen atoms in total. The second-order valence-electron chi connectivity index (χ2n) is 5.49. The van der Waals surface area contributed by atoms with Gasteiger partial charge in [-0.2, -0.15) is 0 Å². The van der Waals surface area contributed by atoms with Gasteiger partial charge in [-0.25, -0.2) is 0 Å². The lowest BCUT2D eigenvalue weighted by molar-refractivity contribution is 0.143. The molecular formula is C16H21N3O. The number of hydrogen-bond acceptors (Lipinski definition) is 4. The fraction of sp³-hybridized carbons (Fsp3) is 0.438. The Morgan fingerprint density at radius 3 is 3.10 bits per heavy atom. The molecule has 1 fully saturated rings. The summed E-state index contributed by atoms with van der Waals surface area (Å²) >= 11 is 0. The van der Waals surface area contributed by atoms with Crippen LogP contribution in [0.3, 0.4) is 0 Å². The van der Waals surface area contributed by atoms with E-state index in [2.05, 4.69) is 16.0 Å². The molecule has 1 unspecified atom stereocenters. The molecule has 4 heteroatoms. The van der Waals surface area contributed by atoms with E-state index in [0.717, 1.165) is 42.0 Å². The van der Waals surface area contributed by atoms with E-state index in [0.29, 0.717) is 5.92 Å². The Hall–Kier alpha value is -1.81. The fourth-order valence-electron chi connectivity index (χ4n) is 3.14. The third-order valence-electron chi connectivity index (χ3n) is 4.01. The maximum atomic E-state index is 6.20. The zero-order chi connectivity index (χ0) is 13.9. The predicted molar refractivity (Wildman–Crippen MR) is 83.0 cm³/mol. The highest BCUT2D eigenvalue weighted by molar-refractivity contribution is 5.97. The lowest BCUT2D eigenvalue weighted by Gasteiger charge is -2.35. The molecule has 3 rings (SSSR count). The van der Waals surface area contributed by atoms with Crippen molar-refractivity contribution in [1.82, 2.24) is 4.98 Å². The van der Waals surface area contributed by atoms with Crippen LogP contribution < -0.4 is 10.6 Å². The second kappa shape index (κ2) is 5.67. The Balaban J connectivity index is 1.98. The van der Waals surface area contributed by atoms with Gasteiger partial charge in [0.2, 0.25) is 0 Å².